The van der Waals surface area contributed by atoms with Gasteiger partial charge in [0.1, 0.15) is 0 Å². The van der Waals surface area contributed by atoms with Crippen LogP contribution in [0.25, 0.3) is 17.0 Å². The average molecular weight is 463 g/mol. The van der Waals surface area contributed by atoms with Crippen LogP contribution >= 0.6 is 0 Å². The Morgan fingerprint density at radius 1 is 0.943 bits per heavy atom. The summed E-state index contributed by atoms with van der Waals surface area (Å²) in [7, 11) is 2.04. The molecule has 0 radical (unpaired) electrons. The van der Waals surface area contributed by atoms with Crippen LogP contribution in [-0.2, 0) is 24.7 Å². The summed E-state index contributed by atoms with van der Waals surface area (Å²) in [4.78, 5) is 22.2. The molecule has 0 saturated carbocycles. The summed E-state index contributed by atoms with van der Waals surface area (Å²) in [6.45, 7) is 3.16. The normalized spacial score (nSPS) is 18.4. The first-order valence-electron chi connectivity index (χ1n) is 12.4. The van der Waals surface area contributed by atoms with Crippen molar-refractivity contribution in [1.29, 1.82) is 0 Å². The van der Waals surface area contributed by atoms with Gasteiger partial charge in [-0.05, 0) is 64.8 Å². The number of rotatable bonds is 3. The monoisotopic (exact) mass is 462 g/mol. The van der Waals surface area contributed by atoms with Crippen LogP contribution in [0.5, 0.6) is 0 Å². The molecule has 2 aromatic heterocycles. The van der Waals surface area contributed by atoms with E-state index in [0.717, 1.165) is 44.6 Å². The van der Waals surface area contributed by atoms with Crippen LogP contribution in [0.1, 0.15) is 34.0 Å². The van der Waals surface area contributed by atoms with E-state index in [1.54, 1.807) is 6.08 Å². The van der Waals surface area contributed by atoms with Gasteiger partial charge in [-0.3, -0.25) is 14.7 Å². The molecule has 176 valence electrons. The maximum absolute atomic E-state index is 13.0. The number of fused-ring (bicyclic) bond motifs is 3. The number of benzene rings is 2. The molecule has 2 aromatic carbocycles. The lowest BCUT2D eigenvalue weighted by atomic mass is 9.94. The molecule has 3 heterocycles. The van der Waals surface area contributed by atoms with Crippen LogP contribution in [-0.4, -0.2) is 51.4 Å². The van der Waals surface area contributed by atoms with Gasteiger partial charge in [-0.2, -0.15) is 0 Å². The molecule has 1 unspecified atom stereocenters. The molecule has 0 spiro atoms. The van der Waals surface area contributed by atoms with E-state index in [9.17, 15) is 4.79 Å². The Hall–Kier alpha value is -3.70. The van der Waals surface area contributed by atoms with Crippen molar-refractivity contribution in [2.24, 2.45) is 7.05 Å². The minimum Gasteiger partial charge on any atom is -0.351 e. The van der Waals surface area contributed by atoms with E-state index in [1.165, 1.54) is 33.3 Å². The quantitative estimate of drug-likeness (QED) is 0.417. The first-order valence-corrected chi connectivity index (χ1v) is 12.4. The van der Waals surface area contributed by atoms with Gasteiger partial charge in [0, 0.05) is 62.9 Å². The van der Waals surface area contributed by atoms with Gasteiger partial charge in [-0.1, -0.05) is 42.5 Å². The van der Waals surface area contributed by atoms with Crippen molar-refractivity contribution in [3.63, 3.8) is 0 Å². The van der Waals surface area contributed by atoms with Crippen LogP contribution in [0.3, 0.4) is 0 Å². The van der Waals surface area contributed by atoms with Crippen molar-refractivity contribution < 1.29 is 4.79 Å². The minimum absolute atomic E-state index is 0.0833. The molecule has 1 saturated heterocycles. The van der Waals surface area contributed by atoms with Gasteiger partial charge >= 0.3 is 0 Å². The Labute approximate surface area is 206 Å². The maximum atomic E-state index is 13.0. The fraction of sp³-hybridized carbons (Fsp3) is 0.267. The highest BCUT2D eigenvalue weighted by Gasteiger charge is 2.32. The summed E-state index contributed by atoms with van der Waals surface area (Å²) >= 11 is 0. The van der Waals surface area contributed by atoms with Crippen LogP contribution in [0.4, 0.5) is 0 Å². The maximum Gasteiger partial charge on any atom is 0.246 e. The van der Waals surface area contributed by atoms with Gasteiger partial charge in [0.15, 0.2) is 0 Å². The van der Waals surface area contributed by atoms with Gasteiger partial charge in [-0.25, -0.2) is 0 Å². The van der Waals surface area contributed by atoms with E-state index in [2.05, 4.69) is 76.3 Å². The second-order valence-electron chi connectivity index (χ2n) is 9.58. The predicted molar refractivity (Wildman–Crippen MR) is 140 cm³/mol. The summed E-state index contributed by atoms with van der Waals surface area (Å²) in [6, 6.07) is 21.7. The Bertz CT molecular complexity index is 1360. The lowest BCUT2D eigenvalue weighted by molar-refractivity contribution is -0.127. The SMILES string of the molecule is Cn1ccc2ccc(C=CC(=O)N3CCN(C4c5ccccc5CCc5ncccc54)CC3)cc21. The standard InChI is InChI=1S/C30H30N4O/c1-32-16-14-24-10-8-22(21-28(24)32)9-13-29(35)33-17-19-34(20-18-33)30-25-6-3-2-5-23(25)11-12-27-26(30)7-4-15-31-27/h2-10,13-16,21,30H,11-12,17-20H2,1H3. The summed E-state index contributed by atoms with van der Waals surface area (Å²) in [5.41, 5.74) is 7.53. The van der Waals surface area contributed by atoms with E-state index >= 15 is 0 Å². The number of hydrogen-bond acceptors (Lipinski definition) is 3. The zero-order valence-corrected chi connectivity index (χ0v) is 20.1. The minimum atomic E-state index is 0.0833. The third kappa shape index (κ3) is 4.17. The second-order valence-corrected chi connectivity index (χ2v) is 9.58. The molecule has 1 amide bonds. The predicted octanol–water partition coefficient (Wildman–Crippen LogP) is 4.62. The molecule has 1 atom stereocenters. The first kappa shape index (κ1) is 21.8. The van der Waals surface area contributed by atoms with Crippen molar-refractivity contribution in [2.75, 3.05) is 26.2 Å². The van der Waals surface area contributed by atoms with Gasteiger partial charge in [0.25, 0.3) is 0 Å². The molecule has 0 N–H and O–H groups in total. The molecule has 2 aliphatic rings. The third-order valence-corrected chi connectivity index (χ3v) is 7.52. The Kier molecular flexibility index (Phi) is 5.71. The molecule has 1 aliphatic heterocycles. The van der Waals surface area contributed by atoms with Crippen LogP contribution in [0, 0.1) is 0 Å². The van der Waals surface area contributed by atoms with E-state index in [4.69, 9.17) is 4.98 Å². The number of pyridine rings is 1. The van der Waals surface area contributed by atoms with Gasteiger partial charge < -0.3 is 9.47 Å². The van der Waals surface area contributed by atoms with Crippen LogP contribution < -0.4 is 0 Å². The molecule has 5 nitrogen and oxygen atoms in total. The highest BCUT2D eigenvalue weighted by atomic mass is 16.2. The number of hydrogen-bond donors (Lipinski definition) is 0. The number of piperazine rings is 1. The number of nitrogens with zero attached hydrogens (tertiary/aromatic N) is 4. The highest BCUT2D eigenvalue weighted by molar-refractivity contribution is 5.92. The molecule has 1 fully saturated rings. The highest BCUT2D eigenvalue weighted by Crippen LogP contribution is 2.36. The average Bonchev–Trinajstić information content (AvgIpc) is 3.18. The zero-order valence-electron chi connectivity index (χ0n) is 20.1. The van der Waals surface area contributed by atoms with E-state index in [0.29, 0.717) is 0 Å². The molecule has 35 heavy (non-hydrogen) atoms. The number of amides is 1. The molecule has 6 rings (SSSR count). The zero-order chi connectivity index (χ0) is 23.8. The molecule has 0 bridgehead atoms. The van der Waals surface area contributed by atoms with Crippen LogP contribution in [0.15, 0.2) is 79.1 Å². The van der Waals surface area contributed by atoms with Gasteiger partial charge in [0.2, 0.25) is 5.91 Å². The Balaban J connectivity index is 1.18. The third-order valence-electron chi connectivity index (χ3n) is 7.52. The topological polar surface area (TPSA) is 41.4 Å². The molecule has 5 heteroatoms. The molecule has 4 aromatic rings. The van der Waals surface area contributed by atoms with Crippen molar-refractivity contribution in [3.05, 3.63) is 107 Å². The molecule has 1 aliphatic carbocycles. The van der Waals surface area contributed by atoms with Crippen molar-refractivity contribution >= 4 is 22.9 Å². The van der Waals surface area contributed by atoms with Crippen LogP contribution in [0.2, 0.25) is 0 Å². The lowest BCUT2D eigenvalue weighted by Gasteiger charge is -2.39. The number of carbonyl (C=O) groups excluding carboxylic acids is 1. The van der Waals surface area contributed by atoms with Crippen molar-refractivity contribution in [1.82, 2.24) is 19.4 Å². The fourth-order valence-electron chi connectivity index (χ4n) is 5.61. The van der Waals surface area contributed by atoms with Crippen molar-refractivity contribution in [3.8, 4) is 0 Å². The fourth-order valence-corrected chi connectivity index (χ4v) is 5.61. The largest absolute Gasteiger partial charge is 0.351 e. The summed E-state index contributed by atoms with van der Waals surface area (Å²) in [6.07, 6.45) is 9.62. The van der Waals surface area contributed by atoms with Crippen molar-refractivity contribution in [2.45, 2.75) is 18.9 Å². The first-order chi connectivity index (χ1) is 17.2. The Morgan fingerprint density at radius 3 is 2.66 bits per heavy atom. The summed E-state index contributed by atoms with van der Waals surface area (Å²) in [5, 5.41) is 1.21. The Morgan fingerprint density at radius 2 is 1.77 bits per heavy atom. The summed E-state index contributed by atoms with van der Waals surface area (Å²) < 4.78 is 2.10. The summed E-state index contributed by atoms with van der Waals surface area (Å²) in [5.74, 6) is 0.0833. The van der Waals surface area contributed by atoms with E-state index in [-0.39, 0.29) is 11.9 Å². The number of aromatic nitrogens is 2. The second kappa shape index (κ2) is 9.16. The molecular formula is C30H30N4O. The lowest BCUT2D eigenvalue weighted by Crippen LogP contribution is -2.49. The van der Waals surface area contributed by atoms with E-state index < -0.39 is 0 Å². The number of carbonyl (C=O) groups is 1. The molecular weight excluding hydrogens is 432 g/mol. The smallest absolute Gasteiger partial charge is 0.246 e. The van der Waals surface area contributed by atoms with Gasteiger partial charge in [-0.15, -0.1) is 0 Å². The number of aryl methyl sites for hydroxylation is 3. The van der Waals surface area contributed by atoms with E-state index in [1.807, 2.05) is 24.2 Å². The van der Waals surface area contributed by atoms with Gasteiger partial charge in [0.05, 0.1) is 6.04 Å².